The third kappa shape index (κ3) is 4.73. The standard InChI is InChI=1S/C27H20ClN3O3S/c28-20-7-5-6-18(14-20)17-31-23-15-19(26(32)30-16-21-8-3-4-13-29-21)11-12-25(23)35(34)24-10-2-1-9-22(24)27(31)33/h1-15H,16-17H2,(H,30,32). The first-order valence-electron chi connectivity index (χ1n) is 10.9. The molecule has 6 nitrogen and oxygen atoms in total. The van der Waals surface area contributed by atoms with Crippen LogP contribution in [0.2, 0.25) is 5.02 Å². The highest BCUT2D eigenvalue weighted by Crippen LogP contribution is 2.36. The van der Waals surface area contributed by atoms with Crippen LogP contribution >= 0.6 is 11.6 Å². The van der Waals surface area contributed by atoms with Crippen molar-refractivity contribution in [2.45, 2.75) is 22.9 Å². The molecule has 0 saturated carbocycles. The third-order valence-corrected chi connectivity index (χ3v) is 7.40. The maximum Gasteiger partial charge on any atom is 0.259 e. The monoisotopic (exact) mass is 501 g/mol. The summed E-state index contributed by atoms with van der Waals surface area (Å²) < 4.78 is 13.5. The normalized spacial score (nSPS) is 14.6. The number of nitrogens with one attached hydrogen (secondary N) is 1. The van der Waals surface area contributed by atoms with E-state index >= 15 is 0 Å². The predicted octanol–water partition coefficient (Wildman–Crippen LogP) is 4.99. The quantitative estimate of drug-likeness (QED) is 0.417. The van der Waals surface area contributed by atoms with Crippen LogP contribution in [-0.2, 0) is 23.9 Å². The highest BCUT2D eigenvalue weighted by Gasteiger charge is 2.31. The molecule has 8 heteroatoms. The molecule has 4 aromatic rings. The van der Waals surface area contributed by atoms with E-state index in [2.05, 4.69) is 10.3 Å². The first-order valence-corrected chi connectivity index (χ1v) is 12.4. The Morgan fingerprint density at radius 3 is 2.57 bits per heavy atom. The Bertz CT molecular complexity index is 1460. The van der Waals surface area contributed by atoms with Crippen molar-refractivity contribution in [2.24, 2.45) is 0 Å². The molecule has 1 aromatic heterocycles. The van der Waals surface area contributed by atoms with Gasteiger partial charge in [0.05, 0.1) is 50.6 Å². The Balaban J connectivity index is 1.55. The molecule has 1 unspecified atom stereocenters. The number of hydrogen-bond acceptors (Lipinski definition) is 4. The number of benzene rings is 3. The molecule has 1 aliphatic heterocycles. The van der Waals surface area contributed by atoms with E-state index in [1.807, 2.05) is 24.3 Å². The Kier molecular flexibility index (Phi) is 6.44. The summed E-state index contributed by atoms with van der Waals surface area (Å²) in [5, 5.41) is 3.40. The molecule has 2 heterocycles. The molecule has 0 saturated heterocycles. The summed E-state index contributed by atoms with van der Waals surface area (Å²) in [6.45, 7) is 0.468. The number of amides is 2. The molecule has 0 radical (unpaired) electrons. The van der Waals surface area contributed by atoms with Crippen LogP contribution in [-0.4, -0.2) is 21.0 Å². The molecular weight excluding hydrogens is 482 g/mol. The van der Waals surface area contributed by atoms with Crippen LogP contribution in [0.5, 0.6) is 0 Å². The number of carbonyl (C=O) groups excluding carboxylic acids is 2. The lowest BCUT2D eigenvalue weighted by Gasteiger charge is -2.23. The van der Waals surface area contributed by atoms with Gasteiger partial charge in [0.1, 0.15) is 0 Å². The van der Waals surface area contributed by atoms with Gasteiger partial charge in [-0.05, 0) is 60.2 Å². The summed E-state index contributed by atoms with van der Waals surface area (Å²) in [5.41, 5.74) is 2.68. The van der Waals surface area contributed by atoms with Gasteiger partial charge in [0.15, 0.2) is 0 Å². The van der Waals surface area contributed by atoms with Gasteiger partial charge < -0.3 is 10.2 Å². The second kappa shape index (κ2) is 9.82. The summed E-state index contributed by atoms with van der Waals surface area (Å²) >= 11 is 6.18. The third-order valence-electron chi connectivity index (χ3n) is 5.66. The van der Waals surface area contributed by atoms with Crippen LogP contribution in [0.15, 0.2) is 101 Å². The van der Waals surface area contributed by atoms with Gasteiger partial charge in [0, 0.05) is 16.8 Å². The van der Waals surface area contributed by atoms with E-state index in [9.17, 15) is 13.8 Å². The van der Waals surface area contributed by atoms with Crippen LogP contribution in [0, 0.1) is 0 Å². The lowest BCUT2D eigenvalue weighted by molar-refractivity contribution is 0.0947. The highest BCUT2D eigenvalue weighted by molar-refractivity contribution is 7.85. The molecule has 2 amide bonds. The fourth-order valence-electron chi connectivity index (χ4n) is 3.96. The first kappa shape index (κ1) is 23.0. The minimum Gasteiger partial charge on any atom is -0.346 e. The lowest BCUT2D eigenvalue weighted by atomic mass is 10.1. The Morgan fingerprint density at radius 1 is 0.943 bits per heavy atom. The highest BCUT2D eigenvalue weighted by atomic mass is 35.5. The molecular formula is C27H20ClN3O3S. The lowest BCUT2D eigenvalue weighted by Crippen LogP contribution is -2.31. The Hall–Kier alpha value is -3.81. The number of nitrogens with zero attached hydrogens (tertiary/aromatic N) is 2. The van der Waals surface area contributed by atoms with Crippen molar-refractivity contribution >= 4 is 39.9 Å². The van der Waals surface area contributed by atoms with Crippen LogP contribution in [0.4, 0.5) is 5.69 Å². The maximum atomic E-state index is 13.7. The average Bonchev–Trinajstić information content (AvgIpc) is 2.97. The largest absolute Gasteiger partial charge is 0.346 e. The van der Waals surface area contributed by atoms with E-state index in [4.69, 9.17) is 11.6 Å². The van der Waals surface area contributed by atoms with Gasteiger partial charge in [-0.3, -0.25) is 14.6 Å². The van der Waals surface area contributed by atoms with Crippen molar-refractivity contribution in [3.8, 4) is 0 Å². The van der Waals surface area contributed by atoms with Crippen molar-refractivity contribution in [1.29, 1.82) is 0 Å². The Labute approximate surface area is 210 Å². The fourth-order valence-corrected chi connectivity index (χ4v) is 5.51. The summed E-state index contributed by atoms with van der Waals surface area (Å²) in [6.07, 6.45) is 1.66. The molecule has 5 rings (SSSR count). The maximum absolute atomic E-state index is 13.7. The van der Waals surface area contributed by atoms with E-state index in [1.54, 1.807) is 71.8 Å². The number of carbonyl (C=O) groups is 2. The SMILES string of the molecule is O=C(NCc1ccccn1)c1ccc2c(c1)N(Cc1cccc(Cl)c1)C(=O)c1ccccc1S2=O. The minimum atomic E-state index is -1.60. The smallest absolute Gasteiger partial charge is 0.259 e. The second-order valence-electron chi connectivity index (χ2n) is 7.97. The number of pyridine rings is 1. The van der Waals surface area contributed by atoms with E-state index in [-0.39, 0.29) is 24.9 Å². The van der Waals surface area contributed by atoms with Crippen molar-refractivity contribution in [1.82, 2.24) is 10.3 Å². The van der Waals surface area contributed by atoms with E-state index in [0.717, 1.165) is 11.3 Å². The Morgan fingerprint density at radius 2 is 1.77 bits per heavy atom. The number of halogens is 1. The fraction of sp³-hybridized carbons (Fsp3) is 0.0741. The predicted molar refractivity (Wildman–Crippen MR) is 135 cm³/mol. The number of rotatable bonds is 5. The van der Waals surface area contributed by atoms with Crippen molar-refractivity contribution in [2.75, 3.05) is 4.90 Å². The molecule has 1 atom stereocenters. The zero-order chi connectivity index (χ0) is 24.4. The molecule has 0 bridgehead atoms. The van der Waals surface area contributed by atoms with E-state index in [0.29, 0.717) is 31.6 Å². The first-order chi connectivity index (χ1) is 17.0. The average molecular weight is 502 g/mol. The van der Waals surface area contributed by atoms with E-state index in [1.165, 1.54) is 0 Å². The molecule has 1 N–H and O–H groups in total. The van der Waals surface area contributed by atoms with Crippen LogP contribution in [0.1, 0.15) is 32.0 Å². The zero-order valence-electron chi connectivity index (χ0n) is 18.5. The molecule has 3 aromatic carbocycles. The van der Waals surface area contributed by atoms with Gasteiger partial charge in [-0.15, -0.1) is 0 Å². The van der Waals surface area contributed by atoms with Crippen molar-refractivity contribution < 1.29 is 13.8 Å². The number of anilines is 1. The molecule has 0 fully saturated rings. The zero-order valence-corrected chi connectivity index (χ0v) is 20.1. The van der Waals surface area contributed by atoms with Crippen LogP contribution < -0.4 is 10.2 Å². The summed E-state index contributed by atoms with van der Waals surface area (Å²) in [4.78, 5) is 33.3. The van der Waals surface area contributed by atoms with Gasteiger partial charge in [-0.1, -0.05) is 41.9 Å². The minimum absolute atomic E-state index is 0.205. The van der Waals surface area contributed by atoms with Crippen molar-refractivity contribution in [3.05, 3.63) is 119 Å². The molecule has 0 aliphatic carbocycles. The molecule has 1 aliphatic rings. The van der Waals surface area contributed by atoms with Crippen molar-refractivity contribution in [3.63, 3.8) is 0 Å². The van der Waals surface area contributed by atoms with Crippen LogP contribution in [0.25, 0.3) is 0 Å². The summed E-state index contributed by atoms with van der Waals surface area (Å²) in [7, 11) is -1.60. The molecule has 174 valence electrons. The topological polar surface area (TPSA) is 79.4 Å². The number of fused-ring (bicyclic) bond motifs is 2. The van der Waals surface area contributed by atoms with Crippen LogP contribution in [0.3, 0.4) is 0 Å². The molecule has 0 spiro atoms. The molecule has 35 heavy (non-hydrogen) atoms. The van der Waals surface area contributed by atoms with Gasteiger partial charge in [-0.2, -0.15) is 0 Å². The van der Waals surface area contributed by atoms with Gasteiger partial charge in [-0.25, -0.2) is 4.21 Å². The summed E-state index contributed by atoms with van der Waals surface area (Å²) in [6, 6.07) is 24.5. The number of aromatic nitrogens is 1. The van der Waals surface area contributed by atoms with Gasteiger partial charge >= 0.3 is 0 Å². The summed E-state index contributed by atoms with van der Waals surface area (Å²) in [5.74, 6) is -0.611. The van der Waals surface area contributed by atoms with E-state index < -0.39 is 10.8 Å². The number of hydrogen-bond donors (Lipinski definition) is 1. The second-order valence-corrected chi connectivity index (χ2v) is 9.83. The van der Waals surface area contributed by atoms with Gasteiger partial charge in [0.2, 0.25) is 0 Å². The van der Waals surface area contributed by atoms with Gasteiger partial charge in [0.25, 0.3) is 11.8 Å².